The van der Waals surface area contributed by atoms with Crippen molar-refractivity contribution in [3.63, 3.8) is 0 Å². The van der Waals surface area contributed by atoms with Gasteiger partial charge in [-0.25, -0.2) is 0 Å². The van der Waals surface area contributed by atoms with Gasteiger partial charge in [-0.2, -0.15) is 0 Å². The summed E-state index contributed by atoms with van der Waals surface area (Å²) in [7, 11) is 2.17. The van der Waals surface area contributed by atoms with Crippen LogP contribution in [0, 0.1) is 13.8 Å². The molecule has 2 aromatic rings. The van der Waals surface area contributed by atoms with Crippen molar-refractivity contribution in [1.29, 1.82) is 0 Å². The predicted molar refractivity (Wildman–Crippen MR) is 91.8 cm³/mol. The summed E-state index contributed by atoms with van der Waals surface area (Å²) < 4.78 is 10.8. The molecule has 2 aromatic heterocycles. The molecule has 6 heteroatoms. The van der Waals surface area contributed by atoms with Crippen LogP contribution >= 0.6 is 11.3 Å². The lowest BCUT2D eigenvalue weighted by molar-refractivity contribution is 0.00961. The van der Waals surface area contributed by atoms with Gasteiger partial charge in [-0.05, 0) is 32.3 Å². The maximum Gasteiger partial charge on any atom is 0.138 e. The summed E-state index contributed by atoms with van der Waals surface area (Å²) in [6.07, 6.45) is 0. The summed E-state index contributed by atoms with van der Waals surface area (Å²) in [5.41, 5.74) is 2.20. The van der Waals surface area contributed by atoms with E-state index in [0.717, 1.165) is 50.8 Å². The van der Waals surface area contributed by atoms with Gasteiger partial charge in [0.1, 0.15) is 5.76 Å². The Bertz CT molecular complexity index is 586. The molecule has 0 saturated carbocycles. The van der Waals surface area contributed by atoms with E-state index in [0.29, 0.717) is 6.04 Å². The summed E-state index contributed by atoms with van der Waals surface area (Å²) in [6, 6.07) is 4.81. The molecule has 1 atom stereocenters. The van der Waals surface area contributed by atoms with Gasteiger partial charge in [-0.3, -0.25) is 9.80 Å². The number of ether oxygens (including phenoxy) is 1. The molecular weight excluding hydrogens is 310 g/mol. The minimum atomic E-state index is 0.421. The highest BCUT2D eigenvalue weighted by atomic mass is 32.1. The van der Waals surface area contributed by atoms with Crippen molar-refractivity contribution in [3.05, 3.63) is 39.4 Å². The van der Waals surface area contributed by atoms with E-state index in [9.17, 15) is 0 Å². The number of likely N-dealkylation sites (N-methyl/N-ethyl adjacent to an activating group) is 1. The first-order chi connectivity index (χ1) is 11.1. The SMILES string of the molecule is Cc1noc(C)c1CN(C)C[C@H](c1cccs1)N1CCOCC1. The minimum Gasteiger partial charge on any atom is -0.379 e. The molecule has 3 heterocycles. The fourth-order valence-electron chi connectivity index (χ4n) is 3.11. The van der Waals surface area contributed by atoms with Crippen molar-refractivity contribution in [3.8, 4) is 0 Å². The summed E-state index contributed by atoms with van der Waals surface area (Å²) in [5.74, 6) is 0.924. The zero-order valence-electron chi connectivity index (χ0n) is 14.1. The Hall–Kier alpha value is -1.21. The van der Waals surface area contributed by atoms with Crippen molar-refractivity contribution in [2.24, 2.45) is 0 Å². The van der Waals surface area contributed by atoms with E-state index in [1.54, 1.807) is 0 Å². The quantitative estimate of drug-likeness (QED) is 0.812. The summed E-state index contributed by atoms with van der Waals surface area (Å²) in [5, 5.41) is 6.23. The number of morpholine rings is 1. The average molecular weight is 335 g/mol. The Balaban J connectivity index is 1.70. The van der Waals surface area contributed by atoms with E-state index < -0.39 is 0 Å². The monoisotopic (exact) mass is 335 g/mol. The standard InChI is InChI=1S/C17H25N3O2S/c1-13-15(14(2)22-18-13)11-19(3)12-16(17-5-4-10-23-17)20-6-8-21-9-7-20/h4-5,10,16H,6-9,11-12H2,1-3H3/t16-/m1/s1. The molecule has 1 aliphatic rings. The molecule has 0 spiro atoms. The first-order valence-corrected chi connectivity index (χ1v) is 8.98. The molecule has 1 fully saturated rings. The van der Waals surface area contributed by atoms with E-state index >= 15 is 0 Å². The zero-order chi connectivity index (χ0) is 16.2. The molecule has 0 aliphatic carbocycles. The smallest absolute Gasteiger partial charge is 0.138 e. The number of aromatic nitrogens is 1. The van der Waals surface area contributed by atoms with Gasteiger partial charge in [0.15, 0.2) is 0 Å². The van der Waals surface area contributed by atoms with E-state index in [4.69, 9.17) is 9.26 Å². The molecule has 3 rings (SSSR count). The van der Waals surface area contributed by atoms with Crippen LogP contribution in [-0.2, 0) is 11.3 Å². The third kappa shape index (κ3) is 4.01. The fourth-order valence-corrected chi connectivity index (χ4v) is 3.96. The molecule has 5 nitrogen and oxygen atoms in total. The Morgan fingerprint density at radius 1 is 1.35 bits per heavy atom. The lowest BCUT2D eigenvalue weighted by Crippen LogP contribution is -2.42. The molecule has 126 valence electrons. The van der Waals surface area contributed by atoms with Gasteiger partial charge < -0.3 is 9.26 Å². The normalized spacial score (nSPS) is 17.7. The van der Waals surface area contributed by atoms with Gasteiger partial charge >= 0.3 is 0 Å². The highest BCUT2D eigenvalue weighted by Crippen LogP contribution is 2.27. The van der Waals surface area contributed by atoms with Gasteiger partial charge in [0.05, 0.1) is 24.9 Å². The molecule has 0 amide bonds. The highest BCUT2D eigenvalue weighted by molar-refractivity contribution is 7.10. The van der Waals surface area contributed by atoms with Crippen molar-refractivity contribution < 1.29 is 9.26 Å². The van der Waals surface area contributed by atoms with Crippen LogP contribution in [0.4, 0.5) is 0 Å². The number of hydrogen-bond donors (Lipinski definition) is 0. The van der Waals surface area contributed by atoms with E-state index in [-0.39, 0.29) is 0 Å². The second-order valence-electron chi connectivity index (χ2n) is 6.18. The summed E-state index contributed by atoms with van der Waals surface area (Å²) in [6.45, 7) is 9.52. The first-order valence-electron chi connectivity index (χ1n) is 8.10. The lowest BCUT2D eigenvalue weighted by atomic mass is 10.1. The third-order valence-corrected chi connectivity index (χ3v) is 5.43. The predicted octanol–water partition coefficient (Wildman–Crippen LogP) is 2.86. The van der Waals surface area contributed by atoms with Crippen LogP contribution < -0.4 is 0 Å². The van der Waals surface area contributed by atoms with Crippen LogP contribution in [0.2, 0.25) is 0 Å². The first kappa shape index (κ1) is 16.6. The second kappa shape index (κ2) is 7.57. The van der Waals surface area contributed by atoms with Crippen molar-refractivity contribution in [1.82, 2.24) is 15.0 Å². The maximum absolute atomic E-state index is 5.52. The lowest BCUT2D eigenvalue weighted by Gasteiger charge is -2.36. The van der Waals surface area contributed by atoms with Gasteiger partial charge in [0, 0.05) is 36.6 Å². The number of hydrogen-bond acceptors (Lipinski definition) is 6. The Morgan fingerprint density at radius 3 is 2.74 bits per heavy atom. The van der Waals surface area contributed by atoms with Crippen molar-refractivity contribution >= 4 is 11.3 Å². The number of thiophene rings is 1. The minimum absolute atomic E-state index is 0.421. The van der Waals surface area contributed by atoms with Crippen LogP contribution in [-0.4, -0.2) is 54.9 Å². The third-order valence-electron chi connectivity index (χ3n) is 4.45. The van der Waals surface area contributed by atoms with Gasteiger partial charge in [-0.1, -0.05) is 11.2 Å². The highest BCUT2D eigenvalue weighted by Gasteiger charge is 2.25. The van der Waals surface area contributed by atoms with Crippen molar-refractivity contribution in [2.45, 2.75) is 26.4 Å². The maximum atomic E-state index is 5.52. The number of nitrogens with zero attached hydrogens (tertiary/aromatic N) is 3. The number of aryl methyl sites for hydroxylation is 2. The van der Waals surface area contributed by atoms with Crippen LogP contribution in [0.5, 0.6) is 0 Å². The molecule has 0 unspecified atom stereocenters. The molecule has 0 aromatic carbocycles. The molecule has 0 bridgehead atoms. The number of rotatable bonds is 6. The summed E-state index contributed by atoms with van der Waals surface area (Å²) in [4.78, 5) is 6.34. The Labute approximate surface area is 141 Å². The Morgan fingerprint density at radius 2 is 2.13 bits per heavy atom. The molecule has 0 N–H and O–H groups in total. The average Bonchev–Trinajstić information content (AvgIpc) is 3.19. The molecule has 1 saturated heterocycles. The summed E-state index contributed by atoms with van der Waals surface area (Å²) >= 11 is 1.84. The molecule has 1 aliphatic heterocycles. The molecule has 0 radical (unpaired) electrons. The molecule has 23 heavy (non-hydrogen) atoms. The van der Waals surface area contributed by atoms with E-state index in [1.807, 2.05) is 25.2 Å². The molecular formula is C17H25N3O2S. The Kier molecular flexibility index (Phi) is 5.48. The topological polar surface area (TPSA) is 41.7 Å². The van der Waals surface area contributed by atoms with E-state index in [1.165, 1.54) is 10.4 Å². The van der Waals surface area contributed by atoms with E-state index in [2.05, 4.69) is 39.5 Å². The van der Waals surface area contributed by atoms with Gasteiger partial charge in [0.25, 0.3) is 0 Å². The van der Waals surface area contributed by atoms with Crippen LogP contribution in [0.1, 0.15) is 27.9 Å². The fraction of sp³-hybridized carbons (Fsp3) is 0.588. The van der Waals surface area contributed by atoms with Crippen LogP contribution in [0.15, 0.2) is 22.0 Å². The van der Waals surface area contributed by atoms with Gasteiger partial charge in [0.2, 0.25) is 0 Å². The van der Waals surface area contributed by atoms with Crippen LogP contribution in [0.3, 0.4) is 0 Å². The zero-order valence-corrected chi connectivity index (χ0v) is 14.9. The van der Waals surface area contributed by atoms with Crippen molar-refractivity contribution in [2.75, 3.05) is 39.9 Å². The van der Waals surface area contributed by atoms with Gasteiger partial charge in [-0.15, -0.1) is 11.3 Å². The second-order valence-corrected chi connectivity index (χ2v) is 7.16. The van der Waals surface area contributed by atoms with Crippen LogP contribution in [0.25, 0.3) is 0 Å². The largest absolute Gasteiger partial charge is 0.379 e.